The average Bonchev–Trinajstić information content (AvgIpc) is 2.40. The van der Waals surface area contributed by atoms with Gasteiger partial charge >= 0.3 is 5.97 Å². The van der Waals surface area contributed by atoms with Crippen LogP contribution in [0.5, 0.6) is 0 Å². The van der Waals surface area contributed by atoms with Crippen LogP contribution in [0.2, 0.25) is 0 Å². The molecule has 1 saturated heterocycles. The minimum atomic E-state index is -0.374. The van der Waals surface area contributed by atoms with Crippen molar-refractivity contribution in [3.05, 3.63) is 22.3 Å². The normalized spacial score (nSPS) is 16.5. The van der Waals surface area contributed by atoms with Crippen molar-refractivity contribution >= 4 is 27.7 Å². The first kappa shape index (κ1) is 14.3. The van der Waals surface area contributed by atoms with Gasteiger partial charge in [-0.2, -0.15) is 0 Å². The summed E-state index contributed by atoms with van der Waals surface area (Å²) >= 11 is 3.35. The molecule has 1 aromatic rings. The summed E-state index contributed by atoms with van der Waals surface area (Å²) in [6.07, 6.45) is 2.35. The molecule has 0 bridgehead atoms. The van der Waals surface area contributed by atoms with Crippen LogP contribution in [-0.2, 0) is 4.74 Å². The predicted molar refractivity (Wildman–Crippen MR) is 78.5 cm³/mol. The topological polar surface area (TPSA) is 42.4 Å². The summed E-state index contributed by atoms with van der Waals surface area (Å²) in [4.78, 5) is 18.5. The van der Waals surface area contributed by atoms with Gasteiger partial charge in [0, 0.05) is 13.1 Å². The van der Waals surface area contributed by atoms with Gasteiger partial charge in [0.15, 0.2) is 5.69 Å². The van der Waals surface area contributed by atoms with E-state index in [1.54, 1.807) is 6.92 Å². The Morgan fingerprint density at radius 2 is 2.16 bits per heavy atom. The summed E-state index contributed by atoms with van der Waals surface area (Å²) in [6, 6.07) is 3.81. The highest BCUT2D eigenvalue weighted by atomic mass is 79.9. The molecular weight excluding hydrogens is 308 g/mol. The molecule has 0 aliphatic carbocycles. The summed E-state index contributed by atoms with van der Waals surface area (Å²) in [6.45, 7) is 6.42. The van der Waals surface area contributed by atoms with Crippen LogP contribution in [-0.4, -0.2) is 30.6 Å². The van der Waals surface area contributed by atoms with Crippen molar-refractivity contribution in [2.45, 2.75) is 26.7 Å². The number of anilines is 1. The maximum Gasteiger partial charge on any atom is 0.358 e. The molecule has 1 fully saturated rings. The number of carbonyl (C=O) groups is 1. The Bertz CT molecular complexity index is 457. The van der Waals surface area contributed by atoms with Gasteiger partial charge in [0.1, 0.15) is 5.82 Å². The molecule has 0 unspecified atom stereocenters. The van der Waals surface area contributed by atoms with Crippen molar-refractivity contribution < 1.29 is 9.53 Å². The highest BCUT2D eigenvalue weighted by Gasteiger charge is 2.20. The van der Waals surface area contributed by atoms with Gasteiger partial charge in [0.05, 0.1) is 11.1 Å². The number of ether oxygens (including phenoxy) is 1. The summed E-state index contributed by atoms with van der Waals surface area (Å²) in [5, 5.41) is 0. The second-order valence-electron chi connectivity index (χ2n) is 4.89. The molecule has 2 rings (SSSR count). The predicted octanol–water partition coefficient (Wildman–Crippen LogP) is 3.26. The minimum Gasteiger partial charge on any atom is -0.461 e. The largest absolute Gasteiger partial charge is 0.461 e. The van der Waals surface area contributed by atoms with Crippen LogP contribution < -0.4 is 4.90 Å². The summed E-state index contributed by atoms with van der Waals surface area (Å²) in [5.74, 6) is 1.26. The average molecular weight is 327 g/mol. The lowest BCUT2D eigenvalue weighted by molar-refractivity contribution is 0.0518. The van der Waals surface area contributed by atoms with E-state index in [-0.39, 0.29) is 5.97 Å². The number of esters is 1. The Morgan fingerprint density at radius 3 is 2.79 bits per heavy atom. The van der Waals surface area contributed by atoms with Crippen LogP contribution in [0, 0.1) is 5.92 Å². The van der Waals surface area contributed by atoms with Crippen molar-refractivity contribution in [2.75, 3.05) is 24.6 Å². The first-order valence-electron chi connectivity index (χ1n) is 6.70. The van der Waals surface area contributed by atoms with Crippen LogP contribution in [0.3, 0.4) is 0 Å². The summed E-state index contributed by atoms with van der Waals surface area (Å²) in [7, 11) is 0. The van der Waals surface area contributed by atoms with Crippen molar-refractivity contribution in [3.63, 3.8) is 0 Å². The second-order valence-corrected chi connectivity index (χ2v) is 5.74. The van der Waals surface area contributed by atoms with Gasteiger partial charge in [0.2, 0.25) is 0 Å². The van der Waals surface area contributed by atoms with Crippen LogP contribution >= 0.6 is 15.9 Å². The van der Waals surface area contributed by atoms with Crippen molar-refractivity contribution in [3.8, 4) is 0 Å². The fraction of sp³-hybridized carbons (Fsp3) is 0.571. The lowest BCUT2D eigenvalue weighted by Gasteiger charge is -2.31. The molecular formula is C14H19BrN2O2. The Labute approximate surface area is 122 Å². The third-order valence-corrected chi connectivity index (χ3v) is 4.05. The molecule has 2 heterocycles. The van der Waals surface area contributed by atoms with Crippen molar-refractivity contribution in [2.24, 2.45) is 5.92 Å². The first-order valence-corrected chi connectivity index (χ1v) is 7.49. The number of hydrogen-bond donors (Lipinski definition) is 0. The minimum absolute atomic E-state index is 0.359. The summed E-state index contributed by atoms with van der Waals surface area (Å²) < 4.78 is 5.70. The maximum absolute atomic E-state index is 11.8. The Balaban J connectivity index is 2.18. The number of nitrogens with zero attached hydrogens (tertiary/aromatic N) is 2. The van der Waals surface area contributed by atoms with Crippen molar-refractivity contribution in [1.82, 2.24) is 4.98 Å². The first-order chi connectivity index (χ1) is 9.11. The molecule has 1 aliphatic heterocycles. The highest BCUT2D eigenvalue weighted by Crippen LogP contribution is 2.24. The number of carbonyl (C=O) groups excluding carboxylic acids is 1. The van der Waals surface area contributed by atoms with E-state index in [2.05, 4.69) is 32.7 Å². The molecule has 0 saturated carbocycles. The van der Waals surface area contributed by atoms with E-state index in [1.807, 2.05) is 12.1 Å². The fourth-order valence-electron chi connectivity index (χ4n) is 2.19. The van der Waals surface area contributed by atoms with Crippen LogP contribution in [0.1, 0.15) is 37.2 Å². The number of pyridine rings is 1. The molecule has 0 spiro atoms. The molecule has 0 radical (unpaired) electrons. The van der Waals surface area contributed by atoms with Gasteiger partial charge in [-0.3, -0.25) is 0 Å². The van der Waals surface area contributed by atoms with Gasteiger partial charge in [-0.05, 0) is 53.7 Å². The molecule has 19 heavy (non-hydrogen) atoms. The van der Waals surface area contributed by atoms with E-state index in [1.165, 1.54) is 12.8 Å². The summed E-state index contributed by atoms with van der Waals surface area (Å²) in [5.41, 5.74) is 0.359. The Hall–Kier alpha value is -1.10. The van der Waals surface area contributed by atoms with Gasteiger partial charge in [-0.15, -0.1) is 0 Å². The Morgan fingerprint density at radius 1 is 1.47 bits per heavy atom. The molecule has 0 aromatic carbocycles. The SMILES string of the molecule is CCOC(=O)c1nc(N2CCC(C)CC2)ccc1Br. The number of hydrogen-bond acceptors (Lipinski definition) is 4. The number of rotatable bonds is 3. The van der Waals surface area contributed by atoms with E-state index in [0.29, 0.717) is 16.8 Å². The number of aromatic nitrogens is 1. The molecule has 4 nitrogen and oxygen atoms in total. The number of halogens is 1. The molecule has 104 valence electrons. The highest BCUT2D eigenvalue weighted by molar-refractivity contribution is 9.10. The molecule has 0 N–H and O–H groups in total. The van der Waals surface area contributed by atoms with Gasteiger partial charge in [-0.25, -0.2) is 9.78 Å². The lowest BCUT2D eigenvalue weighted by Crippen LogP contribution is -2.33. The van der Waals surface area contributed by atoms with Crippen LogP contribution in [0.15, 0.2) is 16.6 Å². The standard InChI is InChI=1S/C14H19BrN2O2/c1-3-19-14(18)13-11(15)4-5-12(16-13)17-8-6-10(2)7-9-17/h4-5,10H,3,6-9H2,1-2H3. The Kier molecular flexibility index (Phi) is 4.80. The third-order valence-electron chi connectivity index (χ3n) is 3.41. The molecule has 5 heteroatoms. The fourth-order valence-corrected chi connectivity index (χ4v) is 2.57. The lowest BCUT2D eigenvalue weighted by atomic mass is 9.99. The van der Waals surface area contributed by atoms with Crippen molar-refractivity contribution in [1.29, 1.82) is 0 Å². The van der Waals surface area contributed by atoms with Gasteiger partial charge in [-0.1, -0.05) is 6.92 Å². The van der Waals surface area contributed by atoms with E-state index in [0.717, 1.165) is 24.8 Å². The van der Waals surface area contributed by atoms with E-state index < -0.39 is 0 Å². The van der Waals surface area contributed by atoms with E-state index in [4.69, 9.17) is 4.74 Å². The van der Waals surface area contributed by atoms with E-state index >= 15 is 0 Å². The number of piperidine rings is 1. The zero-order valence-electron chi connectivity index (χ0n) is 11.4. The quantitative estimate of drug-likeness (QED) is 0.799. The molecule has 1 aromatic heterocycles. The second kappa shape index (κ2) is 6.37. The zero-order valence-corrected chi connectivity index (χ0v) is 12.9. The van der Waals surface area contributed by atoms with Crippen LogP contribution in [0.4, 0.5) is 5.82 Å². The zero-order chi connectivity index (χ0) is 13.8. The van der Waals surface area contributed by atoms with E-state index in [9.17, 15) is 4.79 Å². The smallest absolute Gasteiger partial charge is 0.358 e. The van der Waals surface area contributed by atoms with Gasteiger partial charge < -0.3 is 9.64 Å². The maximum atomic E-state index is 11.8. The van der Waals surface area contributed by atoms with Crippen LogP contribution in [0.25, 0.3) is 0 Å². The third kappa shape index (κ3) is 3.47. The molecule has 0 atom stereocenters. The van der Waals surface area contributed by atoms with Gasteiger partial charge in [0.25, 0.3) is 0 Å². The molecule has 0 amide bonds. The molecule has 1 aliphatic rings. The monoisotopic (exact) mass is 326 g/mol.